The van der Waals surface area contributed by atoms with Gasteiger partial charge in [-0.15, -0.1) is 0 Å². The van der Waals surface area contributed by atoms with Crippen molar-refractivity contribution >= 4 is 0 Å². The van der Waals surface area contributed by atoms with Gasteiger partial charge in [-0.2, -0.15) is 0 Å². The van der Waals surface area contributed by atoms with Crippen LogP contribution < -0.4 is 5.32 Å². The maximum atomic E-state index is 4.97. The van der Waals surface area contributed by atoms with Crippen molar-refractivity contribution < 1.29 is 4.74 Å². The second kappa shape index (κ2) is 2.46. The van der Waals surface area contributed by atoms with Crippen LogP contribution >= 0.6 is 0 Å². The van der Waals surface area contributed by atoms with Gasteiger partial charge in [0, 0.05) is 6.04 Å². The second-order valence-corrected chi connectivity index (χ2v) is 2.30. The van der Waals surface area contributed by atoms with Gasteiger partial charge in [0.15, 0.2) is 0 Å². The summed E-state index contributed by atoms with van der Waals surface area (Å²) in [5.41, 5.74) is 0. The number of hydrogen-bond acceptors (Lipinski definition) is 2. The molecule has 1 heterocycles. The van der Waals surface area contributed by atoms with Crippen molar-refractivity contribution in [2.75, 3.05) is 6.61 Å². The summed E-state index contributed by atoms with van der Waals surface area (Å²) in [4.78, 5) is 0. The Kier molecular flexibility index (Phi) is 1.86. The largest absolute Gasteiger partial charge is 0.357 e. The van der Waals surface area contributed by atoms with E-state index in [-0.39, 0.29) is 0 Å². The van der Waals surface area contributed by atoms with Crippen LogP contribution in [-0.2, 0) is 4.74 Å². The summed E-state index contributed by atoms with van der Waals surface area (Å²) < 4.78 is 4.97. The topological polar surface area (TPSA) is 24.6 Å². The van der Waals surface area contributed by atoms with E-state index in [0.29, 0.717) is 12.3 Å². The molecule has 2 unspecified atom stereocenters. The summed E-state index contributed by atoms with van der Waals surface area (Å²) in [6.07, 6.45) is 1.56. The van der Waals surface area contributed by atoms with Crippen LogP contribution in [0.3, 0.4) is 0 Å². The number of rotatable bonds is 3. The molecular weight excluding hydrogens is 102 g/mol. The van der Waals surface area contributed by atoms with Crippen LogP contribution in [0.1, 0.15) is 20.3 Å². The number of nitrogens with one attached hydrogen (secondary N) is 1. The van der Waals surface area contributed by atoms with E-state index in [9.17, 15) is 0 Å². The fourth-order valence-corrected chi connectivity index (χ4v) is 0.580. The Balaban J connectivity index is 1.98. The first-order valence-corrected chi connectivity index (χ1v) is 3.20. The Morgan fingerprint density at radius 1 is 1.88 bits per heavy atom. The van der Waals surface area contributed by atoms with Crippen molar-refractivity contribution in [2.45, 2.75) is 32.5 Å². The van der Waals surface area contributed by atoms with E-state index in [1.54, 1.807) is 0 Å². The standard InChI is InChI=1S/C6H13NO/c1-3-5(2)7-6-4-8-6/h5-7H,3-4H2,1-2H3. The van der Waals surface area contributed by atoms with Gasteiger partial charge in [0.1, 0.15) is 6.23 Å². The number of hydrogen-bond donors (Lipinski definition) is 1. The molecule has 1 saturated heterocycles. The molecule has 0 aromatic heterocycles. The SMILES string of the molecule is CCC(C)NC1CO1. The molecule has 0 radical (unpaired) electrons. The highest BCUT2D eigenvalue weighted by molar-refractivity contribution is 4.69. The van der Waals surface area contributed by atoms with E-state index in [1.807, 2.05) is 0 Å². The molecule has 8 heavy (non-hydrogen) atoms. The molecule has 1 fully saturated rings. The van der Waals surface area contributed by atoms with E-state index in [0.717, 1.165) is 6.61 Å². The molecule has 0 bridgehead atoms. The van der Waals surface area contributed by atoms with Crippen molar-refractivity contribution in [2.24, 2.45) is 0 Å². The van der Waals surface area contributed by atoms with Gasteiger partial charge in [0.2, 0.25) is 0 Å². The van der Waals surface area contributed by atoms with Crippen molar-refractivity contribution in [1.82, 2.24) is 5.32 Å². The van der Waals surface area contributed by atoms with Crippen LogP contribution in [0.25, 0.3) is 0 Å². The Labute approximate surface area is 50.2 Å². The summed E-state index contributed by atoms with van der Waals surface area (Å²) in [7, 11) is 0. The zero-order valence-corrected chi connectivity index (χ0v) is 5.48. The molecule has 1 N–H and O–H groups in total. The van der Waals surface area contributed by atoms with E-state index in [4.69, 9.17) is 4.74 Å². The number of epoxide rings is 1. The molecule has 0 aromatic rings. The molecule has 1 aliphatic heterocycles. The summed E-state index contributed by atoms with van der Waals surface area (Å²) in [5, 5.41) is 3.28. The average molecular weight is 115 g/mol. The maximum Gasteiger partial charge on any atom is 0.132 e. The fraction of sp³-hybridized carbons (Fsp3) is 1.00. The Hall–Kier alpha value is -0.0800. The highest BCUT2D eigenvalue weighted by atomic mass is 16.6. The van der Waals surface area contributed by atoms with Gasteiger partial charge in [-0.3, -0.25) is 5.32 Å². The summed E-state index contributed by atoms with van der Waals surface area (Å²) >= 11 is 0. The number of ether oxygens (including phenoxy) is 1. The van der Waals surface area contributed by atoms with E-state index in [1.165, 1.54) is 6.42 Å². The molecule has 0 spiro atoms. The third-order valence-corrected chi connectivity index (χ3v) is 1.42. The predicted octanol–water partition coefficient (Wildman–Crippen LogP) is 0.731. The summed E-state index contributed by atoms with van der Waals surface area (Å²) in [6.45, 7) is 5.24. The molecule has 0 aliphatic carbocycles. The zero-order chi connectivity index (χ0) is 5.98. The van der Waals surface area contributed by atoms with E-state index >= 15 is 0 Å². The lowest BCUT2D eigenvalue weighted by Gasteiger charge is -2.06. The lowest BCUT2D eigenvalue weighted by Crippen LogP contribution is -2.27. The monoisotopic (exact) mass is 115 g/mol. The first kappa shape index (κ1) is 6.05. The van der Waals surface area contributed by atoms with Gasteiger partial charge < -0.3 is 4.74 Å². The third-order valence-electron chi connectivity index (χ3n) is 1.42. The molecule has 2 heteroatoms. The molecule has 1 aliphatic rings. The van der Waals surface area contributed by atoms with Crippen LogP contribution in [0, 0.1) is 0 Å². The minimum absolute atomic E-state index is 0.380. The van der Waals surface area contributed by atoms with Crippen molar-refractivity contribution in [1.29, 1.82) is 0 Å². The molecule has 0 amide bonds. The van der Waals surface area contributed by atoms with Crippen molar-refractivity contribution in [3.05, 3.63) is 0 Å². The minimum Gasteiger partial charge on any atom is -0.357 e. The summed E-state index contributed by atoms with van der Waals surface area (Å²) in [6, 6.07) is 0.613. The average Bonchev–Trinajstić information content (AvgIpc) is 2.50. The van der Waals surface area contributed by atoms with E-state index < -0.39 is 0 Å². The first-order chi connectivity index (χ1) is 3.83. The smallest absolute Gasteiger partial charge is 0.132 e. The van der Waals surface area contributed by atoms with Gasteiger partial charge in [-0.05, 0) is 13.3 Å². The van der Waals surface area contributed by atoms with Gasteiger partial charge >= 0.3 is 0 Å². The maximum absolute atomic E-state index is 4.97. The van der Waals surface area contributed by atoms with Crippen LogP contribution in [0.4, 0.5) is 0 Å². The third kappa shape index (κ3) is 1.80. The minimum atomic E-state index is 0.380. The van der Waals surface area contributed by atoms with Crippen molar-refractivity contribution in [3.8, 4) is 0 Å². The second-order valence-electron chi connectivity index (χ2n) is 2.30. The van der Waals surface area contributed by atoms with Crippen LogP contribution in [0.2, 0.25) is 0 Å². The normalized spacial score (nSPS) is 30.0. The summed E-state index contributed by atoms with van der Waals surface area (Å²) in [5.74, 6) is 0. The molecular formula is C6H13NO. The van der Waals surface area contributed by atoms with Gasteiger partial charge in [0.05, 0.1) is 6.61 Å². The van der Waals surface area contributed by atoms with Crippen LogP contribution in [0.15, 0.2) is 0 Å². The van der Waals surface area contributed by atoms with E-state index in [2.05, 4.69) is 19.2 Å². The Bertz CT molecular complexity index is 70.9. The van der Waals surface area contributed by atoms with Crippen molar-refractivity contribution in [3.63, 3.8) is 0 Å². The fourth-order valence-electron chi connectivity index (χ4n) is 0.580. The Morgan fingerprint density at radius 3 is 2.88 bits per heavy atom. The molecule has 2 atom stereocenters. The lowest BCUT2D eigenvalue weighted by molar-refractivity contribution is 0.344. The molecule has 2 nitrogen and oxygen atoms in total. The first-order valence-electron chi connectivity index (χ1n) is 3.20. The zero-order valence-electron chi connectivity index (χ0n) is 5.48. The Morgan fingerprint density at radius 2 is 2.50 bits per heavy atom. The van der Waals surface area contributed by atoms with Gasteiger partial charge in [-0.25, -0.2) is 0 Å². The van der Waals surface area contributed by atoms with Crippen LogP contribution in [0.5, 0.6) is 0 Å². The van der Waals surface area contributed by atoms with Crippen LogP contribution in [-0.4, -0.2) is 18.9 Å². The van der Waals surface area contributed by atoms with Gasteiger partial charge in [-0.1, -0.05) is 6.92 Å². The molecule has 0 aromatic carbocycles. The quantitative estimate of drug-likeness (QED) is 0.548. The molecule has 48 valence electrons. The van der Waals surface area contributed by atoms with Gasteiger partial charge in [0.25, 0.3) is 0 Å². The molecule has 1 rings (SSSR count). The highest BCUT2D eigenvalue weighted by Crippen LogP contribution is 2.05. The lowest BCUT2D eigenvalue weighted by atomic mass is 10.3. The predicted molar refractivity (Wildman–Crippen MR) is 32.6 cm³/mol. The highest BCUT2D eigenvalue weighted by Gasteiger charge is 2.22. The molecule has 0 saturated carbocycles.